The maximum Gasteiger partial charge on any atom is 0.256 e. The number of nitrogens with two attached hydrogens (primary N) is 1. The molecule has 2 atom stereocenters. The van der Waals surface area contributed by atoms with E-state index in [0.717, 1.165) is 13.0 Å². The lowest BCUT2D eigenvalue weighted by Gasteiger charge is -2.37. The Morgan fingerprint density at radius 2 is 2.06 bits per heavy atom. The van der Waals surface area contributed by atoms with Crippen molar-refractivity contribution in [1.29, 1.82) is 0 Å². The van der Waals surface area contributed by atoms with Gasteiger partial charge in [0.1, 0.15) is 0 Å². The lowest BCUT2D eigenvalue weighted by molar-refractivity contribution is 0.0575. The molecule has 1 aromatic carbocycles. The average molecular weight is 247 g/mol. The van der Waals surface area contributed by atoms with Crippen molar-refractivity contribution in [2.45, 2.75) is 32.7 Å². The number of nitrogens with zero attached hydrogens (tertiary/aromatic N) is 1. The number of hydrazine groups is 1. The number of nitrogen functional groups attached to an aromatic ring is 1. The Kier molecular flexibility index (Phi) is 3.87. The van der Waals surface area contributed by atoms with Gasteiger partial charge in [-0.15, -0.1) is 0 Å². The molecule has 98 valence electrons. The van der Waals surface area contributed by atoms with Crippen molar-refractivity contribution in [3.63, 3.8) is 0 Å². The summed E-state index contributed by atoms with van der Waals surface area (Å²) in [5.74, 6) is 6.10. The van der Waals surface area contributed by atoms with Gasteiger partial charge in [0.2, 0.25) is 0 Å². The highest BCUT2D eigenvalue weighted by Crippen LogP contribution is 2.25. The summed E-state index contributed by atoms with van der Waals surface area (Å²) in [5, 5.41) is 0. The van der Waals surface area contributed by atoms with Gasteiger partial charge in [-0.2, -0.15) is 0 Å². The van der Waals surface area contributed by atoms with Gasteiger partial charge >= 0.3 is 0 Å². The van der Waals surface area contributed by atoms with Gasteiger partial charge in [-0.1, -0.05) is 19.1 Å². The summed E-state index contributed by atoms with van der Waals surface area (Å²) >= 11 is 0. The zero-order chi connectivity index (χ0) is 13.1. The van der Waals surface area contributed by atoms with Crippen LogP contribution in [0, 0.1) is 5.92 Å². The standard InChI is InChI=1S/C14H21N3O/c1-10-7-8-11(2)17(9-10)14(18)12-5-3-4-6-13(12)16-15/h3-6,10-11,16H,7-9,15H2,1-2H3. The van der Waals surface area contributed by atoms with E-state index >= 15 is 0 Å². The number of amides is 1. The van der Waals surface area contributed by atoms with E-state index in [9.17, 15) is 4.79 Å². The number of nitrogens with one attached hydrogen (secondary N) is 1. The Bertz CT molecular complexity index is 433. The fourth-order valence-corrected chi connectivity index (χ4v) is 2.52. The maximum absolute atomic E-state index is 12.6. The van der Waals surface area contributed by atoms with E-state index in [-0.39, 0.29) is 5.91 Å². The molecule has 0 bridgehead atoms. The van der Waals surface area contributed by atoms with Crippen LogP contribution in [0.5, 0.6) is 0 Å². The van der Waals surface area contributed by atoms with E-state index in [2.05, 4.69) is 19.3 Å². The van der Waals surface area contributed by atoms with Crippen molar-refractivity contribution in [1.82, 2.24) is 4.90 Å². The van der Waals surface area contributed by atoms with Crippen molar-refractivity contribution >= 4 is 11.6 Å². The largest absolute Gasteiger partial charge is 0.336 e. The molecule has 0 aromatic heterocycles. The van der Waals surface area contributed by atoms with Gasteiger partial charge in [-0.25, -0.2) is 0 Å². The van der Waals surface area contributed by atoms with Crippen LogP contribution < -0.4 is 11.3 Å². The van der Waals surface area contributed by atoms with Gasteiger partial charge in [0.05, 0.1) is 11.3 Å². The van der Waals surface area contributed by atoms with Gasteiger partial charge in [-0.3, -0.25) is 10.6 Å². The Morgan fingerprint density at radius 3 is 2.78 bits per heavy atom. The van der Waals surface area contributed by atoms with E-state index in [1.54, 1.807) is 0 Å². The second-order valence-electron chi connectivity index (χ2n) is 5.18. The second kappa shape index (κ2) is 5.40. The molecule has 18 heavy (non-hydrogen) atoms. The summed E-state index contributed by atoms with van der Waals surface area (Å²) < 4.78 is 0. The number of para-hydroxylation sites is 1. The molecular weight excluding hydrogens is 226 g/mol. The molecule has 0 spiro atoms. The number of benzene rings is 1. The Morgan fingerprint density at radius 1 is 1.33 bits per heavy atom. The normalized spacial score (nSPS) is 23.8. The van der Waals surface area contributed by atoms with Crippen LogP contribution in [0.3, 0.4) is 0 Å². The molecule has 0 saturated carbocycles. The molecule has 2 rings (SSSR count). The van der Waals surface area contributed by atoms with E-state index in [0.29, 0.717) is 23.2 Å². The third kappa shape index (κ3) is 2.48. The number of rotatable bonds is 2. The Labute approximate surface area is 108 Å². The van der Waals surface area contributed by atoms with Crippen LogP contribution >= 0.6 is 0 Å². The smallest absolute Gasteiger partial charge is 0.256 e. The first-order valence-corrected chi connectivity index (χ1v) is 6.50. The molecule has 1 fully saturated rings. The molecule has 1 aliphatic heterocycles. The maximum atomic E-state index is 12.6. The summed E-state index contributed by atoms with van der Waals surface area (Å²) in [6.07, 6.45) is 2.27. The van der Waals surface area contributed by atoms with Crippen LogP contribution in [0.2, 0.25) is 0 Å². The Hall–Kier alpha value is -1.55. The third-order valence-electron chi connectivity index (χ3n) is 3.69. The molecule has 3 N–H and O–H groups in total. The number of carbonyl (C=O) groups excluding carboxylic acids is 1. The number of piperidine rings is 1. The van der Waals surface area contributed by atoms with Gasteiger partial charge < -0.3 is 10.3 Å². The quantitative estimate of drug-likeness (QED) is 0.622. The first kappa shape index (κ1) is 12.9. The van der Waals surface area contributed by atoms with Crippen LogP contribution in [-0.4, -0.2) is 23.4 Å². The van der Waals surface area contributed by atoms with Crippen molar-refractivity contribution in [3.8, 4) is 0 Å². The second-order valence-corrected chi connectivity index (χ2v) is 5.18. The summed E-state index contributed by atoms with van der Waals surface area (Å²) in [6, 6.07) is 7.69. The molecule has 1 heterocycles. The minimum absolute atomic E-state index is 0.0719. The topological polar surface area (TPSA) is 58.4 Å². The number of carbonyl (C=O) groups is 1. The van der Waals surface area contributed by atoms with Crippen LogP contribution in [0.4, 0.5) is 5.69 Å². The predicted molar refractivity (Wildman–Crippen MR) is 73.1 cm³/mol. The number of anilines is 1. The zero-order valence-corrected chi connectivity index (χ0v) is 11.0. The minimum Gasteiger partial charge on any atom is -0.336 e. The first-order valence-electron chi connectivity index (χ1n) is 6.50. The van der Waals surface area contributed by atoms with E-state index in [4.69, 9.17) is 5.84 Å². The van der Waals surface area contributed by atoms with Crippen LogP contribution in [0.25, 0.3) is 0 Å². The SMILES string of the molecule is CC1CCC(C)N(C(=O)c2ccccc2NN)C1. The van der Waals surface area contributed by atoms with Gasteiger partial charge in [0, 0.05) is 12.6 Å². The predicted octanol–water partition coefficient (Wildman–Crippen LogP) is 2.23. The summed E-state index contributed by atoms with van der Waals surface area (Å²) in [5.41, 5.74) is 3.94. The minimum atomic E-state index is 0.0719. The van der Waals surface area contributed by atoms with Gasteiger partial charge in [-0.05, 0) is 37.8 Å². The molecule has 0 radical (unpaired) electrons. The number of hydrogen-bond donors (Lipinski definition) is 2. The third-order valence-corrected chi connectivity index (χ3v) is 3.69. The molecule has 1 amide bonds. The van der Waals surface area contributed by atoms with E-state index in [1.165, 1.54) is 6.42 Å². The highest BCUT2D eigenvalue weighted by atomic mass is 16.2. The van der Waals surface area contributed by atoms with Crippen LogP contribution in [0.15, 0.2) is 24.3 Å². The molecule has 4 heteroatoms. The molecular formula is C14H21N3O. The van der Waals surface area contributed by atoms with E-state index in [1.807, 2.05) is 29.2 Å². The number of hydrogen-bond acceptors (Lipinski definition) is 3. The first-order chi connectivity index (χ1) is 8.63. The lowest BCUT2D eigenvalue weighted by atomic mass is 9.94. The Balaban J connectivity index is 2.24. The molecule has 1 aliphatic rings. The molecule has 0 aliphatic carbocycles. The molecule has 1 saturated heterocycles. The van der Waals surface area contributed by atoms with Gasteiger partial charge in [0.25, 0.3) is 5.91 Å². The average Bonchev–Trinajstić information content (AvgIpc) is 2.40. The molecule has 1 aromatic rings. The fraction of sp³-hybridized carbons (Fsp3) is 0.500. The van der Waals surface area contributed by atoms with Crippen LogP contribution in [-0.2, 0) is 0 Å². The highest BCUT2D eigenvalue weighted by molar-refractivity contribution is 5.99. The molecule has 2 unspecified atom stereocenters. The highest BCUT2D eigenvalue weighted by Gasteiger charge is 2.28. The summed E-state index contributed by atoms with van der Waals surface area (Å²) in [4.78, 5) is 14.5. The summed E-state index contributed by atoms with van der Waals surface area (Å²) in [6.45, 7) is 5.14. The van der Waals surface area contributed by atoms with Crippen molar-refractivity contribution in [2.24, 2.45) is 11.8 Å². The monoisotopic (exact) mass is 247 g/mol. The van der Waals surface area contributed by atoms with Crippen molar-refractivity contribution in [3.05, 3.63) is 29.8 Å². The van der Waals surface area contributed by atoms with E-state index < -0.39 is 0 Å². The fourth-order valence-electron chi connectivity index (χ4n) is 2.52. The zero-order valence-electron chi connectivity index (χ0n) is 11.0. The van der Waals surface area contributed by atoms with Crippen LogP contribution in [0.1, 0.15) is 37.0 Å². The van der Waals surface area contributed by atoms with Crippen molar-refractivity contribution < 1.29 is 4.79 Å². The molecule has 4 nitrogen and oxygen atoms in total. The summed E-state index contributed by atoms with van der Waals surface area (Å²) in [7, 11) is 0. The lowest BCUT2D eigenvalue weighted by Crippen LogP contribution is -2.45. The number of likely N-dealkylation sites (tertiary alicyclic amines) is 1. The van der Waals surface area contributed by atoms with Crippen molar-refractivity contribution in [2.75, 3.05) is 12.0 Å². The van der Waals surface area contributed by atoms with Gasteiger partial charge in [0.15, 0.2) is 0 Å².